The number of anilines is 3. The van der Waals surface area contributed by atoms with Crippen LogP contribution < -0.4 is 25.8 Å². The second-order valence-corrected chi connectivity index (χ2v) is 10.8. The number of rotatable bonds is 10. The summed E-state index contributed by atoms with van der Waals surface area (Å²) >= 11 is 2.36. The van der Waals surface area contributed by atoms with Gasteiger partial charge in [-0.1, -0.05) is 35.9 Å². The Morgan fingerprint density at radius 1 is 1.09 bits per heavy atom. The highest BCUT2D eigenvalue weighted by Crippen LogP contribution is 2.38. The van der Waals surface area contributed by atoms with E-state index in [2.05, 4.69) is 50.1 Å². The number of fused-ring (bicyclic) bond motifs is 1. The SMILES string of the molecule is CCCC(I)c1cc(NC(=O)Nc2ccc(Oc3ccnc(N)c3[N+](=O)[O-])c3ncccc23)n(-c2ccc(OC)cc2)n1. The molecule has 1 unspecified atom stereocenters. The van der Waals surface area contributed by atoms with Crippen molar-refractivity contribution < 1.29 is 19.2 Å². The number of nitrogen functional groups attached to an aromatic ring is 1. The number of nitro groups is 1. The lowest BCUT2D eigenvalue weighted by molar-refractivity contribution is -0.384. The number of alkyl halides is 1. The van der Waals surface area contributed by atoms with E-state index in [0.29, 0.717) is 28.2 Å². The van der Waals surface area contributed by atoms with E-state index in [0.717, 1.165) is 24.2 Å². The number of nitrogens with one attached hydrogen (secondary N) is 2. The number of ether oxygens (including phenoxy) is 2. The highest BCUT2D eigenvalue weighted by Gasteiger charge is 2.23. The van der Waals surface area contributed by atoms with E-state index in [-0.39, 0.29) is 21.2 Å². The molecule has 0 aliphatic carbocycles. The first-order chi connectivity index (χ1) is 20.8. The molecule has 0 radical (unpaired) electrons. The first-order valence-electron chi connectivity index (χ1n) is 13.2. The van der Waals surface area contributed by atoms with Gasteiger partial charge in [0.25, 0.3) is 0 Å². The van der Waals surface area contributed by atoms with E-state index < -0.39 is 16.6 Å². The third-order valence-electron chi connectivity index (χ3n) is 6.45. The van der Waals surface area contributed by atoms with Crippen molar-refractivity contribution in [1.29, 1.82) is 0 Å². The van der Waals surface area contributed by atoms with Crippen molar-refractivity contribution >= 4 is 62.5 Å². The maximum absolute atomic E-state index is 13.3. The molecule has 13 nitrogen and oxygen atoms in total. The minimum Gasteiger partial charge on any atom is -0.497 e. The van der Waals surface area contributed by atoms with Gasteiger partial charge < -0.3 is 20.5 Å². The minimum absolute atomic E-state index is 0.0813. The summed E-state index contributed by atoms with van der Waals surface area (Å²) in [5.41, 5.74) is 7.68. The van der Waals surface area contributed by atoms with E-state index in [1.165, 1.54) is 12.3 Å². The maximum Gasteiger partial charge on any atom is 0.353 e. The number of aromatic nitrogens is 4. The summed E-state index contributed by atoms with van der Waals surface area (Å²) in [6.07, 6.45) is 4.81. The predicted molar refractivity (Wildman–Crippen MR) is 172 cm³/mol. The van der Waals surface area contributed by atoms with Gasteiger partial charge in [-0.05, 0) is 55.0 Å². The molecule has 0 spiro atoms. The van der Waals surface area contributed by atoms with Crippen molar-refractivity contribution in [3.63, 3.8) is 0 Å². The molecule has 5 rings (SSSR count). The van der Waals surface area contributed by atoms with Gasteiger partial charge in [0.1, 0.15) is 17.1 Å². The summed E-state index contributed by atoms with van der Waals surface area (Å²) in [4.78, 5) is 32.4. The molecule has 2 amide bonds. The molecule has 3 aromatic heterocycles. The number of amides is 2. The van der Waals surface area contributed by atoms with Crippen LogP contribution in [0.3, 0.4) is 0 Å². The lowest BCUT2D eigenvalue weighted by Crippen LogP contribution is -2.21. The molecule has 1 atom stereocenters. The summed E-state index contributed by atoms with van der Waals surface area (Å²) in [6.45, 7) is 2.11. The number of hydrogen-bond acceptors (Lipinski definition) is 9. The van der Waals surface area contributed by atoms with Crippen molar-refractivity contribution in [2.75, 3.05) is 23.5 Å². The lowest BCUT2D eigenvalue weighted by atomic mass is 10.1. The number of urea groups is 1. The number of carbonyl (C=O) groups excluding carboxylic acids is 1. The van der Waals surface area contributed by atoms with Crippen LogP contribution in [0.25, 0.3) is 16.6 Å². The summed E-state index contributed by atoms with van der Waals surface area (Å²) in [5, 5.41) is 22.7. The Balaban J connectivity index is 1.43. The molecule has 0 saturated heterocycles. The van der Waals surface area contributed by atoms with E-state index in [4.69, 9.17) is 20.3 Å². The van der Waals surface area contributed by atoms with E-state index >= 15 is 0 Å². The third-order valence-corrected chi connectivity index (χ3v) is 7.71. The number of nitrogens with two attached hydrogens (primary N) is 1. The van der Waals surface area contributed by atoms with E-state index in [1.807, 2.05) is 30.3 Å². The molecule has 14 heteroatoms. The topological polar surface area (TPSA) is 172 Å². The number of pyridine rings is 2. The molecule has 0 saturated carbocycles. The van der Waals surface area contributed by atoms with Gasteiger partial charge in [-0.2, -0.15) is 5.10 Å². The first kappa shape index (κ1) is 29.5. The Hall–Kier alpha value is -4.99. The largest absolute Gasteiger partial charge is 0.497 e. The molecule has 0 bridgehead atoms. The van der Waals surface area contributed by atoms with Gasteiger partial charge in [0.05, 0.1) is 33.0 Å². The van der Waals surface area contributed by atoms with Crippen molar-refractivity contribution in [3.05, 3.63) is 88.9 Å². The zero-order valence-corrected chi connectivity index (χ0v) is 25.3. The standard InChI is InChI=1S/C29H27IN8O5/c1-3-5-20(30)22-16-25(37(36-22)17-7-9-18(42-2)10-8-17)35-29(39)34-21-11-12-23(26-19(21)6-4-14-32-26)43-24-13-15-33-28(31)27(24)38(40)41/h4,6-16,20H,3,5H2,1-2H3,(H2,31,33)(H2,34,35,39). The zero-order valence-electron chi connectivity index (χ0n) is 23.2. The van der Waals surface area contributed by atoms with Gasteiger partial charge >= 0.3 is 11.7 Å². The van der Waals surface area contributed by atoms with Gasteiger partial charge in [0, 0.05) is 29.9 Å². The Labute approximate surface area is 259 Å². The fourth-order valence-electron chi connectivity index (χ4n) is 4.41. The number of benzene rings is 2. The van der Waals surface area contributed by atoms with Gasteiger partial charge in [0.2, 0.25) is 11.6 Å². The quantitative estimate of drug-likeness (QED) is 0.0601. The fraction of sp³-hybridized carbons (Fsp3) is 0.172. The number of halogens is 1. The second kappa shape index (κ2) is 12.9. The third kappa shape index (κ3) is 6.43. The average molecular weight is 694 g/mol. The van der Waals surface area contributed by atoms with Crippen molar-refractivity contribution in [2.24, 2.45) is 0 Å². The van der Waals surface area contributed by atoms with Crippen LogP contribution >= 0.6 is 22.6 Å². The lowest BCUT2D eigenvalue weighted by Gasteiger charge is -2.14. The van der Waals surface area contributed by atoms with Crippen LogP contribution in [0.2, 0.25) is 0 Å². The normalized spacial score (nSPS) is 11.6. The molecule has 5 aromatic rings. The van der Waals surface area contributed by atoms with Crippen molar-refractivity contribution in [2.45, 2.75) is 23.7 Å². The molecule has 4 N–H and O–H groups in total. The summed E-state index contributed by atoms with van der Waals surface area (Å²) < 4.78 is 13.0. The summed E-state index contributed by atoms with van der Waals surface area (Å²) in [5.74, 6) is 1.08. The van der Waals surface area contributed by atoms with Gasteiger partial charge in [-0.3, -0.25) is 20.4 Å². The maximum atomic E-state index is 13.3. The average Bonchev–Trinajstić information content (AvgIpc) is 3.42. The smallest absolute Gasteiger partial charge is 0.353 e. The Morgan fingerprint density at radius 2 is 1.88 bits per heavy atom. The molecule has 0 aliphatic heterocycles. The molecule has 0 aliphatic rings. The minimum atomic E-state index is -0.655. The molecule has 43 heavy (non-hydrogen) atoms. The first-order valence-corrected chi connectivity index (χ1v) is 14.4. The van der Waals surface area contributed by atoms with Crippen LogP contribution in [0.1, 0.15) is 29.4 Å². The molecule has 3 heterocycles. The van der Waals surface area contributed by atoms with Crippen molar-refractivity contribution in [3.8, 4) is 22.9 Å². The van der Waals surface area contributed by atoms with Crippen LogP contribution in [0, 0.1) is 10.1 Å². The van der Waals surface area contributed by atoms with E-state index in [1.54, 1.807) is 42.3 Å². The number of methoxy groups -OCH3 is 1. The molecule has 220 valence electrons. The van der Waals surface area contributed by atoms with Crippen LogP contribution in [0.4, 0.5) is 27.8 Å². The molecule has 2 aromatic carbocycles. The highest BCUT2D eigenvalue weighted by atomic mass is 127. The monoisotopic (exact) mass is 694 g/mol. The van der Waals surface area contributed by atoms with Crippen LogP contribution in [0.5, 0.6) is 17.2 Å². The Morgan fingerprint density at radius 3 is 2.60 bits per heavy atom. The van der Waals surface area contributed by atoms with Crippen LogP contribution in [0.15, 0.2) is 73.1 Å². The number of hydrogen-bond donors (Lipinski definition) is 3. The number of carbonyl (C=O) groups is 1. The second-order valence-electron chi connectivity index (χ2n) is 9.31. The fourth-order valence-corrected chi connectivity index (χ4v) is 5.33. The summed E-state index contributed by atoms with van der Waals surface area (Å²) in [6, 6.07) is 16.7. The highest BCUT2D eigenvalue weighted by molar-refractivity contribution is 14.1. The Bertz CT molecular complexity index is 1790. The molecule has 0 fully saturated rings. The van der Waals surface area contributed by atoms with Gasteiger partial charge in [-0.25, -0.2) is 14.5 Å². The zero-order chi connectivity index (χ0) is 30.5. The Kier molecular flexibility index (Phi) is 8.85. The van der Waals surface area contributed by atoms with Gasteiger partial charge in [0.15, 0.2) is 5.75 Å². The van der Waals surface area contributed by atoms with Crippen LogP contribution in [-0.4, -0.2) is 37.8 Å². The van der Waals surface area contributed by atoms with Gasteiger partial charge in [-0.15, -0.1) is 0 Å². The summed E-state index contributed by atoms with van der Waals surface area (Å²) in [7, 11) is 1.60. The molecular weight excluding hydrogens is 667 g/mol. The van der Waals surface area contributed by atoms with Crippen LogP contribution in [-0.2, 0) is 0 Å². The predicted octanol–water partition coefficient (Wildman–Crippen LogP) is 7.03. The van der Waals surface area contributed by atoms with E-state index in [9.17, 15) is 14.9 Å². The number of nitrogens with zero attached hydrogens (tertiary/aromatic N) is 5. The molecular formula is C29H27IN8O5. The van der Waals surface area contributed by atoms with Crippen molar-refractivity contribution in [1.82, 2.24) is 19.7 Å².